The van der Waals surface area contributed by atoms with E-state index in [2.05, 4.69) is 17.2 Å². The molecule has 6 nitrogen and oxygen atoms in total. The van der Waals surface area contributed by atoms with Crippen molar-refractivity contribution in [3.8, 4) is 0 Å². The van der Waals surface area contributed by atoms with Crippen molar-refractivity contribution in [2.24, 2.45) is 5.92 Å². The quantitative estimate of drug-likeness (QED) is 0.569. The Kier molecular flexibility index (Phi) is 6.82. The molecule has 7 heteroatoms. The first kappa shape index (κ1) is 21.3. The van der Waals surface area contributed by atoms with Gasteiger partial charge in [-0.2, -0.15) is 5.10 Å². The molecule has 1 fully saturated rings. The van der Waals surface area contributed by atoms with Crippen LogP contribution in [0.2, 0.25) is 0 Å². The molecule has 0 N–H and O–H groups in total. The maximum Gasteiger partial charge on any atom is 0.263 e. The minimum absolute atomic E-state index is 0.0770. The number of nitrogens with zero attached hydrogens (tertiary/aromatic N) is 4. The maximum atomic E-state index is 13.1. The molecular weight excluding hydrogens is 408 g/mol. The Morgan fingerprint density at radius 2 is 1.90 bits per heavy atom. The summed E-state index contributed by atoms with van der Waals surface area (Å²) in [4.78, 5) is 30.3. The van der Waals surface area contributed by atoms with Gasteiger partial charge in [0, 0.05) is 38.6 Å². The summed E-state index contributed by atoms with van der Waals surface area (Å²) in [5, 5.41) is 6.08. The molecule has 3 aromatic rings. The van der Waals surface area contributed by atoms with Crippen LogP contribution < -0.4 is 0 Å². The van der Waals surface area contributed by atoms with Gasteiger partial charge in [-0.15, -0.1) is 11.3 Å². The number of carbonyl (C=O) groups excluding carboxylic acids is 2. The second-order valence-electron chi connectivity index (χ2n) is 8.07. The summed E-state index contributed by atoms with van der Waals surface area (Å²) in [7, 11) is 1.92. The molecule has 0 radical (unpaired) electrons. The van der Waals surface area contributed by atoms with Crippen LogP contribution in [0.4, 0.5) is 0 Å². The molecular formula is C24H28N4O2S. The summed E-state index contributed by atoms with van der Waals surface area (Å²) in [6.45, 7) is 1.72. The molecule has 0 bridgehead atoms. The standard InChI is InChI=1S/C24H28N4O2S/c1-26(24(30)22-9-5-16-31-22)21(17-19-7-3-2-4-8-19)20-10-14-27(15-11-20)23(29)18-28-13-6-12-25-28/h2-9,12-13,16,20-21H,10-11,14-15,17-18H2,1H3/t21-/m0/s1. The largest absolute Gasteiger partial charge is 0.341 e. The first-order valence-corrected chi connectivity index (χ1v) is 11.6. The van der Waals surface area contributed by atoms with Crippen LogP contribution in [0.1, 0.15) is 28.1 Å². The third-order valence-electron chi connectivity index (χ3n) is 6.13. The van der Waals surface area contributed by atoms with Crippen molar-refractivity contribution < 1.29 is 9.59 Å². The van der Waals surface area contributed by atoms with E-state index in [0.717, 1.165) is 37.2 Å². The van der Waals surface area contributed by atoms with Crippen molar-refractivity contribution in [1.29, 1.82) is 0 Å². The number of carbonyl (C=O) groups is 2. The number of benzene rings is 1. The monoisotopic (exact) mass is 436 g/mol. The second kappa shape index (κ2) is 9.92. The topological polar surface area (TPSA) is 58.4 Å². The van der Waals surface area contributed by atoms with Crippen LogP contribution in [0.15, 0.2) is 66.3 Å². The van der Waals surface area contributed by atoms with Gasteiger partial charge in [-0.1, -0.05) is 36.4 Å². The Labute approximate surface area is 187 Å². The number of thiophene rings is 1. The molecule has 2 aromatic heterocycles. The van der Waals surface area contributed by atoms with Crippen LogP contribution in [0.3, 0.4) is 0 Å². The van der Waals surface area contributed by atoms with Crippen molar-refractivity contribution in [3.63, 3.8) is 0 Å². The normalized spacial score (nSPS) is 15.6. The molecule has 0 aliphatic carbocycles. The van der Waals surface area contributed by atoms with Crippen LogP contribution in [-0.4, -0.2) is 57.6 Å². The van der Waals surface area contributed by atoms with Crippen molar-refractivity contribution in [3.05, 3.63) is 76.7 Å². The highest BCUT2D eigenvalue weighted by Gasteiger charge is 2.33. The molecule has 4 rings (SSSR count). The average Bonchev–Trinajstić information content (AvgIpc) is 3.52. The van der Waals surface area contributed by atoms with E-state index in [1.165, 1.54) is 16.9 Å². The lowest BCUT2D eigenvalue weighted by molar-refractivity contribution is -0.133. The Morgan fingerprint density at radius 1 is 1.13 bits per heavy atom. The summed E-state index contributed by atoms with van der Waals surface area (Å²) < 4.78 is 1.67. The van der Waals surface area contributed by atoms with Gasteiger partial charge in [0.1, 0.15) is 6.54 Å². The van der Waals surface area contributed by atoms with E-state index in [-0.39, 0.29) is 24.4 Å². The van der Waals surface area contributed by atoms with Crippen molar-refractivity contribution in [2.75, 3.05) is 20.1 Å². The summed E-state index contributed by atoms with van der Waals surface area (Å²) in [6, 6.07) is 16.1. The van der Waals surface area contributed by atoms with Crippen LogP contribution >= 0.6 is 11.3 Å². The number of rotatable bonds is 7. The number of likely N-dealkylation sites (N-methyl/N-ethyl adjacent to an activating group) is 1. The van der Waals surface area contributed by atoms with E-state index >= 15 is 0 Å². The predicted molar refractivity (Wildman–Crippen MR) is 122 cm³/mol. The van der Waals surface area contributed by atoms with Gasteiger partial charge < -0.3 is 9.80 Å². The molecule has 31 heavy (non-hydrogen) atoms. The molecule has 0 unspecified atom stereocenters. The zero-order chi connectivity index (χ0) is 21.6. The third-order valence-corrected chi connectivity index (χ3v) is 6.99. The van der Waals surface area contributed by atoms with E-state index in [0.29, 0.717) is 5.92 Å². The lowest BCUT2D eigenvalue weighted by Crippen LogP contribution is -2.48. The Morgan fingerprint density at radius 3 is 2.55 bits per heavy atom. The van der Waals surface area contributed by atoms with Crippen LogP contribution in [0.25, 0.3) is 0 Å². The molecule has 1 saturated heterocycles. The molecule has 0 saturated carbocycles. The van der Waals surface area contributed by atoms with Crippen molar-refractivity contribution in [1.82, 2.24) is 19.6 Å². The van der Waals surface area contributed by atoms with Crippen LogP contribution in [-0.2, 0) is 17.8 Å². The highest BCUT2D eigenvalue weighted by molar-refractivity contribution is 7.12. The smallest absolute Gasteiger partial charge is 0.263 e. The van der Waals surface area contributed by atoms with Crippen molar-refractivity contribution >= 4 is 23.2 Å². The van der Waals surface area contributed by atoms with Crippen LogP contribution in [0, 0.1) is 5.92 Å². The molecule has 1 aliphatic rings. The van der Waals surface area contributed by atoms with Gasteiger partial charge in [0.05, 0.1) is 4.88 Å². The van der Waals surface area contributed by atoms with E-state index < -0.39 is 0 Å². The number of amides is 2. The van der Waals surface area contributed by atoms with Gasteiger partial charge in [-0.25, -0.2) is 0 Å². The number of hydrogen-bond acceptors (Lipinski definition) is 4. The molecule has 1 atom stereocenters. The first-order valence-electron chi connectivity index (χ1n) is 10.7. The molecule has 0 spiro atoms. The minimum atomic E-state index is 0.0770. The fourth-order valence-corrected chi connectivity index (χ4v) is 5.07. The highest BCUT2D eigenvalue weighted by Crippen LogP contribution is 2.28. The fourth-order valence-electron chi connectivity index (χ4n) is 4.37. The number of likely N-dealkylation sites (tertiary alicyclic amines) is 1. The minimum Gasteiger partial charge on any atom is -0.341 e. The molecule has 2 amide bonds. The average molecular weight is 437 g/mol. The van der Waals surface area contributed by atoms with Gasteiger partial charge in [-0.05, 0) is 48.3 Å². The van der Waals surface area contributed by atoms with Gasteiger partial charge in [-0.3, -0.25) is 14.3 Å². The first-order chi connectivity index (χ1) is 15.1. The van der Waals surface area contributed by atoms with E-state index in [1.807, 2.05) is 64.8 Å². The van der Waals surface area contributed by atoms with Crippen molar-refractivity contribution in [2.45, 2.75) is 31.8 Å². The number of aromatic nitrogens is 2. The summed E-state index contributed by atoms with van der Waals surface area (Å²) in [5.41, 5.74) is 1.23. The van der Waals surface area contributed by atoms with Gasteiger partial charge in [0.25, 0.3) is 5.91 Å². The second-order valence-corrected chi connectivity index (χ2v) is 9.02. The zero-order valence-electron chi connectivity index (χ0n) is 17.8. The molecule has 1 aliphatic heterocycles. The number of hydrogen-bond donors (Lipinski definition) is 0. The summed E-state index contributed by atoms with van der Waals surface area (Å²) in [6.07, 6.45) is 6.11. The van der Waals surface area contributed by atoms with Gasteiger partial charge in [0.15, 0.2) is 0 Å². The Hall–Kier alpha value is -2.93. The Balaban J connectivity index is 1.44. The molecule has 162 valence electrons. The fraction of sp³-hybridized carbons (Fsp3) is 0.375. The SMILES string of the molecule is CN(C(=O)c1cccs1)[C@@H](Cc1ccccc1)C1CCN(C(=O)Cn2cccn2)CC1. The lowest BCUT2D eigenvalue weighted by Gasteiger charge is -2.40. The highest BCUT2D eigenvalue weighted by atomic mass is 32.1. The zero-order valence-corrected chi connectivity index (χ0v) is 18.6. The van der Waals surface area contributed by atoms with Gasteiger partial charge in [0.2, 0.25) is 5.91 Å². The van der Waals surface area contributed by atoms with Crippen LogP contribution in [0.5, 0.6) is 0 Å². The lowest BCUT2D eigenvalue weighted by atomic mass is 9.85. The maximum absolute atomic E-state index is 13.1. The van der Waals surface area contributed by atoms with E-state index in [9.17, 15) is 9.59 Å². The van der Waals surface area contributed by atoms with E-state index in [4.69, 9.17) is 0 Å². The molecule has 1 aromatic carbocycles. The Bertz CT molecular complexity index is 964. The summed E-state index contributed by atoms with van der Waals surface area (Å²) in [5.74, 6) is 0.528. The molecule has 3 heterocycles. The van der Waals surface area contributed by atoms with Gasteiger partial charge >= 0.3 is 0 Å². The summed E-state index contributed by atoms with van der Waals surface area (Å²) >= 11 is 1.48. The number of piperidine rings is 1. The van der Waals surface area contributed by atoms with E-state index in [1.54, 1.807) is 10.9 Å². The predicted octanol–water partition coefficient (Wildman–Crippen LogP) is 3.57. The third kappa shape index (κ3) is 5.22.